The lowest BCUT2D eigenvalue weighted by Gasteiger charge is -2.24. The van der Waals surface area contributed by atoms with Crippen LogP contribution in [0.15, 0.2) is 30.3 Å². The van der Waals surface area contributed by atoms with Crippen LogP contribution in [-0.2, 0) is 9.53 Å². The maximum absolute atomic E-state index is 12.7. The van der Waals surface area contributed by atoms with E-state index in [9.17, 15) is 14.9 Å². The summed E-state index contributed by atoms with van der Waals surface area (Å²) in [6.07, 6.45) is 0.571. The van der Waals surface area contributed by atoms with Gasteiger partial charge >= 0.3 is 6.09 Å². The zero-order valence-corrected chi connectivity index (χ0v) is 18.4. The third kappa shape index (κ3) is 5.63. The number of anilines is 1. The van der Waals surface area contributed by atoms with Gasteiger partial charge < -0.3 is 20.3 Å². The highest BCUT2D eigenvalue weighted by Gasteiger charge is 2.30. The zero-order chi connectivity index (χ0) is 22.6. The predicted octanol–water partition coefficient (Wildman–Crippen LogP) is 3.10. The van der Waals surface area contributed by atoms with Gasteiger partial charge in [0.2, 0.25) is 5.91 Å². The van der Waals surface area contributed by atoms with Crippen LogP contribution in [0.3, 0.4) is 0 Å². The largest absolute Gasteiger partial charge is 0.444 e. The highest BCUT2D eigenvalue weighted by Crippen LogP contribution is 2.26. The first-order chi connectivity index (χ1) is 14.7. The van der Waals surface area contributed by atoms with E-state index in [1.54, 1.807) is 20.8 Å². The average Bonchev–Trinajstić information content (AvgIpc) is 3.17. The summed E-state index contributed by atoms with van der Waals surface area (Å²) in [5.74, 6) is 0.393. The van der Waals surface area contributed by atoms with Gasteiger partial charge in [0.15, 0.2) is 0 Å². The molecule has 2 aromatic rings. The SMILES string of the molecule is CCC(NC(=O)OC(C)(C)C)C(=O)NC1CCN(c2nc3ccccc3cc2C#N)C1. The van der Waals surface area contributed by atoms with Crippen molar-refractivity contribution in [2.24, 2.45) is 0 Å². The van der Waals surface area contributed by atoms with E-state index in [0.717, 1.165) is 17.3 Å². The maximum Gasteiger partial charge on any atom is 0.408 e. The van der Waals surface area contributed by atoms with Crippen LogP contribution in [0.2, 0.25) is 0 Å². The van der Waals surface area contributed by atoms with Crippen LogP contribution in [0.1, 0.15) is 46.1 Å². The molecule has 2 N–H and O–H groups in total. The Bertz CT molecular complexity index is 1010. The number of carbonyl (C=O) groups is 2. The molecular formula is C23H29N5O3. The Balaban J connectivity index is 1.64. The van der Waals surface area contributed by atoms with E-state index in [4.69, 9.17) is 4.74 Å². The number of aromatic nitrogens is 1. The molecule has 1 aromatic heterocycles. The van der Waals surface area contributed by atoms with Crippen molar-refractivity contribution in [3.8, 4) is 6.07 Å². The lowest BCUT2D eigenvalue weighted by atomic mass is 10.1. The summed E-state index contributed by atoms with van der Waals surface area (Å²) in [4.78, 5) is 31.4. The Morgan fingerprint density at radius 1 is 1.35 bits per heavy atom. The van der Waals surface area contributed by atoms with Gasteiger partial charge in [0.25, 0.3) is 0 Å². The summed E-state index contributed by atoms with van der Waals surface area (Å²) in [7, 11) is 0. The Morgan fingerprint density at radius 3 is 2.77 bits per heavy atom. The van der Waals surface area contributed by atoms with E-state index in [2.05, 4.69) is 21.7 Å². The number of hydrogen-bond acceptors (Lipinski definition) is 6. The summed E-state index contributed by atoms with van der Waals surface area (Å²) in [6, 6.07) is 11.0. The molecule has 2 unspecified atom stereocenters. The quantitative estimate of drug-likeness (QED) is 0.765. The number of hydrogen-bond donors (Lipinski definition) is 2. The smallest absolute Gasteiger partial charge is 0.408 e. The van der Waals surface area contributed by atoms with Crippen molar-refractivity contribution in [3.63, 3.8) is 0 Å². The van der Waals surface area contributed by atoms with Crippen LogP contribution in [-0.4, -0.2) is 47.8 Å². The molecule has 2 atom stereocenters. The molecule has 8 heteroatoms. The van der Waals surface area contributed by atoms with E-state index in [0.29, 0.717) is 30.9 Å². The first-order valence-corrected chi connectivity index (χ1v) is 10.5. The number of fused-ring (bicyclic) bond motifs is 1. The number of nitrogens with one attached hydrogen (secondary N) is 2. The summed E-state index contributed by atoms with van der Waals surface area (Å²) in [5, 5.41) is 16.1. The molecule has 0 spiro atoms. The fraction of sp³-hybridized carbons (Fsp3) is 0.478. The highest BCUT2D eigenvalue weighted by atomic mass is 16.6. The van der Waals surface area contributed by atoms with Gasteiger partial charge in [-0.2, -0.15) is 5.26 Å². The average molecular weight is 424 g/mol. The van der Waals surface area contributed by atoms with Crippen LogP contribution in [0.4, 0.5) is 10.6 Å². The van der Waals surface area contributed by atoms with Crippen LogP contribution in [0.25, 0.3) is 10.9 Å². The summed E-state index contributed by atoms with van der Waals surface area (Å²) >= 11 is 0. The number of amides is 2. The number of carbonyl (C=O) groups excluding carboxylic acids is 2. The Kier molecular flexibility index (Phi) is 6.64. The number of nitrogens with zero attached hydrogens (tertiary/aromatic N) is 3. The van der Waals surface area contributed by atoms with Gasteiger partial charge in [0.1, 0.15) is 23.5 Å². The second kappa shape index (κ2) is 9.21. The summed E-state index contributed by atoms with van der Waals surface area (Å²) in [6.45, 7) is 8.39. The Labute approximate surface area is 182 Å². The molecule has 1 aromatic carbocycles. The van der Waals surface area contributed by atoms with Gasteiger partial charge in [0.05, 0.1) is 11.1 Å². The summed E-state index contributed by atoms with van der Waals surface area (Å²) < 4.78 is 5.25. The molecule has 1 aliphatic heterocycles. The molecule has 1 saturated heterocycles. The minimum atomic E-state index is -0.669. The van der Waals surface area contributed by atoms with E-state index in [1.165, 1.54) is 0 Å². The van der Waals surface area contributed by atoms with Crippen LogP contribution in [0, 0.1) is 11.3 Å². The van der Waals surface area contributed by atoms with Gasteiger partial charge in [-0.25, -0.2) is 9.78 Å². The lowest BCUT2D eigenvalue weighted by molar-refractivity contribution is -0.123. The molecule has 0 radical (unpaired) electrons. The van der Waals surface area contributed by atoms with Crippen molar-refractivity contribution in [1.82, 2.24) is 15.6 Å². The first kappa shape index (κ1) is 22.3. The second-order valence-electron chi connectivity index (χ2n) is 8.71. The van der Waals surface area contributed by atoms with Crippen molar-refractivity contribution in [3.05, 3.63) is 35.9 Å². The third-order valence-corrected chi connectivity index (χ3v) is 5.07. The number of rotatable bonds is 5. The van der Waals surface area contributed by atoms with Crippen molar-refractivity contribution in [2.45, 2.75) is 58.2 Å². The number of ether oxygens (including phenoxy) is 1. The van der Waals surface area contributed by atoms with Gasteiger partial charge in [-0.1, -0.05) is 25.1 Å². The van der Waals surface area contributed by atoms with Crippen molar-refractivity contribution in [1.29, 1.82) is 5.26 Å². The fourth-order valence-corrected chi connectivity index (χ4v) is 3.60. The van der Waals surface area contributed by atoms with Gasteiger partial charge in [-0.3, -0.25) is 4.79 Å². The second-order valence-corrected chi connectivity index (χ2v) is 8.71. The monoisotopic (exact) mass is 423 g/mol. The molecule has 164 valence electrons. The molecule has 3 rings (SSSR count). The minimum absolute atomic E-state index is 0.0956. The predicted molar refractivity (Wildman–Crippen MR) is 119 cm³/mol. The molecule has 0 aliphatic carbocycles. The topological polar surface area (TPSA) is 107 Å². The number of benzene rings is 1. The van der Waals surface area contributed by atoms with Crippen molar-refractivity contribution in [2.75, 3.05) is 18.0 Å². The van der Waals surface area contributed by atoms with E-state index in [-0.39, 0.29) is 11.9 Å². The Hall–Kier alpha value is -3.34. The molecule has 1 aliphatic rings. The maximum atomic E-state index is 12.7. The standard InChI is InChI=1S/C23H29N5O3/c1-5-18(27-22(30)31-23(2,3)4)21(29)25-17-10-11-28(14-17)20-16(13-24)12-15-8-6-7-9-19(15)26-20/h6-9,12,17-18H,5,10-11,14H2,1-4H3,(H,25,29)(H,27,30). The van der Waals surface area contributed by atoms with Gasteiger partial charge in [-0.05, 0) is 45.7 Å². The number of nitriles is 1. The lowest BCUT2D eigenvalue weighted by Crippen LogP contribution is -2.50. The molecular weight excluding hydrogens is 394 g/mol. The molecule has 31 heavy (non-hydrogen) atoms. The fourth-order valence-electron chi connectivity index (χ4n) is 3.60. The number of alkyl carbamates (subject to hydrolysis) is 1. The van der Waals surface area contributed by atoms with Crippen LogP contribution < -0.4 is 15.5 Å². The minimum Gasteiger partial charge on any atom is -0.444 e. The zero-order valence-electron chi connectivity index (χ0n) is 18.4. The van der Waals surface area contributed by atoms with Gasteiger partial charge in [0, 0.05) is 24.5 Å². The molecule has 0 saturated carbocycles. The van der Waals surface area contributed by atoms with Gasteiger partial charge in [-0.15, -0.1) is 0 Å². The number of para-hydroxylation sites is 1. The molecule has 2 heterocycles. The Morgan fingerprint density at radius 2 is 2.10 bits per heavy atom. The first-order valence-electron chi connectivity index (χ1n) is 10.5. The van der Waals surface area contributed by atoms with Crippen LogP contribution >= 0.6 is 0 Å². The van der Waals surface area contributed by atoms with Crippen molar-refractivity contribution < 1.29 is 14.3 Å². The molecule has 8 nitrogen and oxygen atoms in total. The van der Waals surface area contributed by atoms with E-state index in [1.807, 2.05) is 42.2 Å². The van der Waals surface area contributed by atoms with Crippen molar-refractivity contribution >= 4 is 28.7 Å². The van der Waals surface area contributed by atoms with Crippen LogP contribution in [0.5, 0.6) is 0 Å². The van der Waals surface area contributed by atoms with E-state index >= 15 is 0 Å². The molecule has 2 amide bonds. The molecule has 0 bridgehead atoms. The summed E-state index contributed by atoms with van der Waals surface area (Å²) in [5.41, 5.74) is 0.719. The van der Waals surface area contributed by atoms with E-state index < -0.39 is 17.7 Å². The normalized spacial score (nSPS) is 17.1. The number of pyridine rings is 1. The third-order valence-electron chi connectivity index (χ3n) is 5.07. The highest BCUT2D eigenvalue weighted by molar-refractivity contribution is 5.86. The molecule has 1 fully saturated rings.